The minimum Gasteiger partial charge on any atom is -0.438 e. The van der Waals surface area contributed by atoms with E-state index in [2.05, 4.69) is 44.0 Å². The summed E-state index contributed by atoms with van der Waals surface area (Å²) in [7, 11) is 2.13. The Morgan fingerprint density at radius 2 is 1.87 bits per heavy atom. The van der Waals surface area contributed by atoms with E-state index >= 15 is 0 Å². The van der Waals surface area contributed by atoms with Crippen molar-refractivity contribution < 1.29 is 14.6 Å². The lowest BCUT2D eigenvalue weighted by Gasteiger charge is -2.34. The molecule has 38 heavy (non-hydrogen) atoms. The number of piperazine rings is 1. The van der Waals surface area contributed by atoms with E-state index in [1.54, 1.807) is 24.3 Å². The lowest BCUT2D eigenvalue weighted by molar-refractivity contribution is -0.111. The normalized spacial score (nSPS) is 13.8. The molecule has 0 atom stereocenters. The number of carbonyl (C=O) groups excluding carboxylic acids is 1. The van der Waals surface area contributed by atoms with Gasteiger partial charge in [-0.3, -0.25) is 4.79 Å². The second kappa shape index (κ2) is 11.3. The highest BCUT2D eigenvalue weighted by atomic mass is 16.5. The summed E-state index contributed by atoms with van der Waals surface area (Å²) < 4.78 is 6.16. The summed E-state index contributed by atoms with van der Waals surface area (Å²) >= 11 is 0. The molecule has 194 valence electrons. The molecule has 0 bridgehead atoms. The maximum Gasteiger partial charge on any atom is 0.247 e. The minimum atomic E-state index is -0.306. The summed E-state index contributed by atoms with van der Waals surface area (Å²) in [4.78, 5) is 25.7. The Morgan fingerprint density at radius 3 is 2.66 bits per heavy atom. The number of fused-ring (bicyclic) bond motifs is 1. The Labute approximate surface area is 221 Å². The van der Waals surface area contributed by atoms with Crippen molar-refractivity contribution in [3.8, 4) is 11.6 Å². The van der Waals surface area contributed by atoms with Crippen molar-refractivity contribution >= 4 is 39.8 Å². The minimum absolute atomic E-state index is 0.121. The van der Waals surface area contributed by atoms with Gasteiger partial charge in [0.2, 0.25) is 17.7 Å². The zero-order valence-corrected chi connectivity index (χ0v) is 21.2. The van der Waals surface area contributed by atoms with Crippen molar-refractivity contribution in [2.24, 2.45) is 0 Å². The number of nitrogens with one attached hydrogen (secondary N) is 2. The zero-order chi connectivity index (χ0) is 26.5. The number of anilines is 4. The van der Waals surface area contributed by atoms with Gasteiger partial charge in [0.05, 0.1) is 17.5 Å². The zero-order valence-electron chi connectivity index (χ0n) is 21.2. The molecule has 0 aliphatic carbocycles. The summed E-state index contributed by atoms with van der Waals surface area (Å²) in [6, 6.07) is 20.6. The van der Waals surface area contributed by atoms with E-state index in [1.165, 1.54) is 6.08 Å². The number of aliphatic hydroxyl groups excluding tert-OH is 1. The Hall–Kier alpha value is -4.47. The highest BCUT2D eigenvalue weighted by molar-refractivity contribution is 5.99. The SMILES string of the molecule is C=CC(=O)Nc1cccc(Oc2nc(Nc3ccc(N4CCN(C)CC4)cc3CO)nc3ccccc23)c1. The number of likely N-dealkylation sites (N-methyl/N-ethyl adjacent to an activating group) is 1. The number of hydrogen-bond acceptors (Lipinski definition) is 8. The van der Waals surface area contributed by atoms with Gasteiger partial charge in [0.25, 0.3) is 0 Å². The number of hydrogen-bond donors (Lipinski definition) is 3. The molecule has 3 N–H and O–H groups in total. The standard InChI is InChI=1S/C29H30N6O3/c1-3-27(37)30-21-7-6-8-23(18-21)38-28-24-9-4-5-10-26(24)32-29(33-28)31-25-12-11-22(17-20(25)19-36)35-15-13-34(2)14-16-35/h3-12,17-18,36H,1,13-16,19H2,2H3,(H,30,37)(H,31,32,33). The van der Waals surface area contributed by atoms with Crippen molar-refractivity contribution in [1.29, 1.82) is 0 Å². The first kappa shape index (κ1) is 25.2. The predicted molar refractivity (Wildman–Crippen MR) is 150 cm³/mol. The molecule has 1 fully saturated rings. The molecular weight excluding hydrogens is 480 g/mol. The summed E-state index contributed by atoms with van der Waals surface area (Å²) in [5.41, 5.74) is 3.85. The fourth-order valence-corrected chi connectivity index (χ4v) is 4.34. The van der Waals surface area contributed by atoms with E-state index in [1.807, 2.05) is 42.5 Å². The van der Waals surface area contributed by atoms with Gasteiger partial charge < -0.3 is 30.3 Å². The Bertz CT molecular complexity index is 1470. The number of carbonyl (C=O) groups is 1. The number of aromatic nitrogens is 2. The highest BCUT2D eigenvalue weighted by Gasteiger charge is 2.17. The van der Waals surface area contributed by atoms with Gasteiger partial charge in [-0.05, 0) is 55.6 Å². The molecule has 1 amide bonds. The summed E-state index contributed by atoms with van der Waals surface area (Å²) in [5, 5.41) is 16.9. The van der Waals surface area contributed by atoms with E-state index in [4.69, 9.17) is 4.74 Å². The first-order chi connectivity index (χ1) is 18.5. The number of para-hydroxylation sites is 1. The topological polar surface area (TPSA) is 103 Å². The average Bonchev–Trinajstić information content (AvgIpc) is 2.94. The summed E-state index contributed by atoms with van der Waals surface area (Å²) in [6.45, 7) is 7.26. The van der Waals surface area contributed by atoms with Gasteiger partial charge in [-0.25, -0.2) is 4.98 Å². The van der Waals surface area contributed by atoms with Crippen LogP contribution in [0.3, 0.4) is 0 Å². The van der Waals surface area contributed by atoms with Crippen LogP contribution < -0.4 is 20.3 Å². The van der Waals surface area contributed by atoms with Crippen molar-refractivity contribution in [2.45, 2.75) is 6.61 Å². The maximum absolute atomic E-state index is 11.7. The highest BCUT2D eigenvalue weighted by Crippen LogP contribution is 2.32. The second-order valence-electron chi connectivity index (χ2n) is 9.11. The molecule has 0 saturated carbocycles. The van der Waals surface area contributed by atoms with Gasteiger partial charge in [-0.1, -0.05) is 24.8 Å². The van der Waals surface area contributed by atoms with Crippen LogP contribution in [0.2, 0.25) is 0 Å². The van der Waals surface area contributed by atoms with E-state index in [0.29, 0.717) is 28.8 Å². The predicted octanol–water partition coefficient (Wildman–Crippen LogP) is 4.53. The Balaban J connectivity index is 1.43. The molecule has 2 heterocycles. The van der Waals surface area contributed by atoms with Crippen LogP contribution in [0, 0.1) is 0 Å². The van der Waals surface area contributed by atoms with Crippen LogP contribution in [0.5, 0.6) is 11.6 Å². The van der Waals surface area contributed by atoms with Gasteiger partial charge in [-0.2, -0.15) is 4.98 Å². The lowest BCUT2D eigenvalue weighted by Crippen LogP contribution is -2.44. The van der Waals surface area contributed by atoms with Crippen molar-refractivity contribution in [3.63, 3.8) is 0 Å². The number of rotatable bonds is 8. The molecule has 9 heteroatoms. The molecule has 1 aliphatic heterocycles. The second-order valence-corrected chi connectivity index (χ2v) is 9.11. The lowest BCUT2D eigenvalue weighted by atomic mass is 10.1. The van der Waals surface area contributed by atoms with Gasteiger partial charge in [0, 0.05) is 54.9 Å². The molecule has 3 aromatic carbocycles. The summed E-state index contributed by atoms with van der Waals surface area (Å²) in [5.74, 6) is 0.912. The maximum atomic E-state index is 11.7. The van der Waals surface area contributed by atoms with Crippen molar-refractivity contribution in [1.82, 2.24) is 14.9 Å². The fourth-order valence-electron chi connectivity index (χ4n) is 4.34. The van der Waals surface area contributed by atoms with E-state index in [0.717, 1.165) is 48.5 Å². The van der Waals surface area contributed by atoms with Crippen LogP contribution in [-0.4, -0.2) is 59.1 Å². The first-order valence-electron chi connectivity index (χ1n) is 12.4. The van der Waals surface area contributed by atoms with Crippen molar-refractivity contribution in [2.75, 3.05) is 48.8 Å². The molecule has 1 aliphatic rings. The molecule has 1 saturated heterocycles. The number of ether oxygens (including phenoxy) is 1. The van der Waals surface area contributed by atoms with Crippen LogP contribution in [0.25, 0.3) is 10.9 Å². The molecule has 0 unspecified atom stereocenters. The van der Waals surface area contributed by atoms with Crippen molar-refractivity contribution in [3.05, 3.63) is 84.9 Å². The molecule has 5 rings (SSSR count). The van der Waals surface area contributed by atoms with Crippen LogP contribution in [0.1, 0.15) is 5.56 Å². The number of aliphatic hydroxyl groups is 1. The molecule has 4 aromatic rings. The third-order valence-corrected chi connectivity index (χ3v) is 6.44. The van der Waals surface area contributed by atoms with Crippen LogP contribution >= 0.6 is 0 Å². The molecule has 0 radical (unpaired) electrons. The van der Waals surface area contributed by atoms with Crippen LogP contribution in [0.15, 0.2) is 79.4 Å². The average molecular weight is 511 g/mol. The fraction of sp³-hybridized carbons (Fsp3) is 0.207. The third-order valence-electron chi connectivity index (χ3n) is 6.44. The van der Waals surface area contributed by atoms with Crippen LogP contribution in [-0.2, 0) is 11.4 Å². The van der Waals surface area contributed by atoms with E-state index < -0.39 is 0 Å². The number of benzene rings is 3. The molecular formula is C29H30N6O3. The van der Waals surface area contributed by atoms with Gasteiger partial charge in [0.15, 0.2) is 0 Å². The Morgan fingerprint density at radius 1 is 1.05 bits per heavy atom. The quantitative estimate of drug-likeness (QED) is 0.297. The van der Waals surface area contributed by atoms with Gasteiger partial charge >= 0.3 is 0 Å². The molecule has 9 nitrogen and oxygen atoms in total. The summed E-state index contributed by atoms with van der Waals surface area (Å²) in [6.07, 6.45) is 1.21. The van der Waals surface area contributed by atoms with E-state index in [9.17, 15) is 9.90 Å². The number of nitrogens with zero attached hydrogens (tertiary/aromatic N) is 4. The van der Waals surface area contributed by atoms with Crippen LogP contribution in [0.4, 0.5) is 23.0 Å². The molecule has 0 spiro atoms. The third kappa shape index (κ3) is 5.74. The smallest absolute Gasteiger partial charge is 0.247 e. The largest absolute Gasteiger partial charge is 0.438 e. The van der Waals surface area contributed by atoms with E-state index in [-0.39, 0.29) is 12.5 Å². The molecule has 1 aromatic heterocycles. The van der Waals surface area contributed by atoms with Gasteiger partial charge in [-0.15, -0.1) is 0 Å². The first-order valence-corrected chi connectivity index (χ1v) is 12.4. The Kier molecular flexibility index (Phi) is 7.48. The van der Waals surface area contributed by atoms with Gasteiger partial charge in [0.1, 0.15) is 5.75 Å². The number of amides is 1. The monoisotopic (exact) mass is 510 g/mol.